The van der Waals surface area contributed by atoms with Gasteiger partial charge in [0.15, 0.2) is 11.3 Å². The Hall–Kier alpha value is -1.72. The zero-order valence-electron chi connectivity index (χ0n) is 12.0. The Morgan fingerprint density at radius 3 is 2.68 bits per heavy atom. The lowest BCUT2D eigenvalue weighted by Gasteiger charge is -2.39. The number of nitriles is 1. The molecular weight excluding hydrogens is 346 g/mol. The van der Waals surface area contributed by atoms with Gasteiger partial charge in [-0.05, 0) is 47.5 Å². The van der Waals surface area contributed by atoms with Gasteiger partial charge in [-0.3, -0.25) is 5.10 Å². The van der Waals surface area contributed by atoms with Gasteiger partial charge >= 0.3 is 0 Å². The highest BCUT2D eigenvalue weighted by Gasteiger charge is 2.44. The van der Waals surface area contributed by atoms with Crippen LogP contribution in [0.15, 0.2) is 4.60 Å². The van der Waals surface area contributed by atoms with Gasteiger partial charge in [0.1, 0.15) is 10.7 Å². The molecule has 0 atom stereocenters. The zero-order chi connectivity index (χ0) is 15.3. The molecule has 22 heavy (non-hydrogen) atoms. The van der Waals surface area contributed by atoms with Crippen molar-refractivity contribution in [2.45, 2.75) is 31.2 Å². The summed E-state index contributed by atoms with van der Waals surface area (Å²) < 4.78 is 0.638. The van der Waals surface area contributed by atoms with E-state index >= 15 is 0 Å². The number of hydrogen-bond donors (Lipinski definition) is 2. The quantitative estimate of drug-likeness (QED) is 0.842. The van der Waals surface area contributed by atoms with Gasteiger partial charge in [0.25, 0.3) is 0 Å². The van der Waals surface area contributed by atoms with Crippen molar-refractivity contribution in [1.29, 1.82) is 5.26 Å². The summed E-state index contributed by atoms with van der Waals surface area (Å²) in [6.07, 6.45) is 4.42. The molecule has 1 saturated carbocycles. The van der Waals surface area contributed by atoms with Gasteiger partial charge in [-0.25, -0.2) is 4.98 Å². The number of rotatable bonds is 2. The van der Waals surface area contributed by atoms with Crippen LogP contribution in [-0.4, -0.2) is 38.8 Å². The Bertz CT molecular complexity index is 765. The highest BCUT2D eigenvalue weighted by molar-refractivity contribution is 9.10. The summed E-state index contributed by atoms with van der Waals surface area (Å²) in [5, 5.41) is 16.9. The van der Waals surface area contributed by atoms with Crippen molar-refractivity contribution >= 4 is 32.9 Å². The molecule has 1 aliphatic carbocycles. The van der Waals surface area contributed by atoms with Crippen LogP contribution < -0.4 is 10.6 Å². The van der Waals surface area contributed by atoms with Gasteiger partial charge in [0.05, 0.1) is 5.39 Å². The van der Waals surface area contributed by atoms with Gasteiger partial charge in [-0.1, -0.05) is 0 Å². The van der Waals surface area contributed by atoms with E-state index in [1.165, 1.54) is 12.8 Å². The maximum atomic E-state index is 9.32. The van der Waals surface area contributed by atoms with E-state index in [0.717, 1.165) is 25.9 Å². The average molecular weight is 362 g/mol. The van der Waals surface area contributed by atoms with E-state index in [2.05, 4.69) is 47.1 Å². The van der Waals surface area contributed by atoms with Crippen LogP contribution in [0.25, 0.3) is 11.0 Å². The lowest BCUT2D eigenvalue weighted by Crippen LogP contribution is -2.52. The number of nitrogens with two attached hydrogens (primary N) is 1. The summed E-state index contributed by atoms with van der Waals surface area (Å²) >= 11 is 3.34. The molecule has 1 aliphatic heterocycles. The summed E-state index contributed by atoms with van der Waals surface area (Å²) in [5.74, 6) is 1.26. The molecule has 4 rings (SSSR count). The fraction of sp³-hybridized carbons (Fsp3) is 0.571. The smallest absolute Gasteiger partial charge is 0.228 e. The fourth-order valence-corrected chi connectivity index (χ4v) is 3.74. The lowest BCUT2D eigenvalue weighted by molar-refractivity contribution is 0.292. The van der Waals surface area contributed by atoms with Crippen LogP contribution in [0.2, 0.25) is 0 Å². The monoisotopic (exact) mass is 361 g/mol. The van der Waals surface area contributed by atoms with E-state index in [9.17, 15) is 5.26 Å². The molecule has 0 bridgehead atoms. The molecule has 2 aromatic rings. The van der Waals surface area contributed by atoms with E-state index in [0.29, 0.717) is 33.2 Å². The van der Waals surface area contributed by atoms with E-state index in [1.54, 1.807) is 0 Å². The molecule has 2 aromatic heterocycles. The summed E-state index contributed by atoms with van der Waals surface area (Å²) in [6, 6.07) is 2.13. The number of fused-ring (bicyclic) bond motifs is 1. The van der Waals surface area contributed by atoms with Crippen molar-refractivity contribution < 1.29 is 0 Å². The molecule has 7 nitrogen and oxygen atoms in total. The van der Waals surface area contributed by atoms with Gasteiger partial charge in [-0.15, -0.1) is 0 Å². The Kier molecular flexibility index (Phi) is 3.09. The minimum absolute atomic E-state index is 0.0198. The molecule has 0 spiro atoms. The number of aromatic amines is 1. The molecule has 1 saturated heterocycles. The number of anilines is 1. The minimum Gasteiger partial charge on any atom is -0.341 e. The molecule has 0 radical (unpaired) electrons. The molecule has 0 aromatic carbocycles. The second-order valence-electron chi connectivity index (χ2n) is 6.21. The maximum absolute atomic E-state index is 9.32. The highest BCUT2D eigenvalue weighted by atomic mass is 79.9. The van der Waals surface area contributed by atoms with Crippen LogP contribution in [0.4, 0.5) is 5.95 Å². The van der Waals surface area contributed by atoms with Crippen LogP contribution in [0.3, 0.4) is 0 Å². The fourth-order valence-electron chi connectivity index (χ4n) is 3.29. The highest BCUT2D eigenvalue weighted by Crippen LogP contribution is 2.43. The average Bonchev–Trinajstić information content (AvgIpc) is 3.33. The Balaban J connectivity index is 1.63. The summed E-state index contributed by atoms with van der Waals surface area (Å²) in [6.45, 7) is 1.66. The summed E-state index contributed by atoms with van der Waals surface area (Å²) in [7, 11) is 0. The second-order valence-corrected chi connectivity index (χ2v) is 7.01. The van der Waals surface area contributed by atoms with Crippen molar-refractivity contribution in [1.82, 2.24) is 20.2 Å². The first-order valence-electron chi connectivity index (χ1n) is 7.46. The van der Waals surface area contributed by atoms with Crippen LogP contribution in [0, 0.1) is 17.2 Å². The number of halogens is 1. The van der Waals surface area contributed by atoms with Gasteiger partial charge in [0, 0.05) is 18.6 Å². The molecule has 0 unspecified atom stereocenters. The molecule has 3 N–H and O–H groups in total. The van der Waals surface area contributed by atoms with E-state index < -0.39 is 0 Å². The molecule has 114 valence electrons. The number of piperidine rings is 1. The number of aromatic nitrogens is 4. The zero-order valence-corrected chi connectivity index (χ0v) is 13.6. The van der Waals surface area contributed by atoms with Gasteiger partial charge < -0.3 is 10.6 Å². The van der Waals surface area contributed by atoms with Crippen LogP contribution in [0.1, 0.15) is 31.4 Å². The van der Waals surface area contributed by atoms with Crippen molar-refractivity contribution in [3.8, 4) is 6.07 Å². The predicted octanol–water partition coefficient (Wildman–Crippen LogP) is 1.69. The summed E-state index contributed by atoms with van der Waals surface area (Å²) in [5.41, 5.74) is 7.35. The Morgan fingerprint density at radius 2 is 2.05 bits per heavy atom. The maximum Gasteiger partial charge on any atom is 0.228 e. The molecule has 3 heterocycles. The standard InChI is InChI=1S/C14H16BrN7/c15-11-10-9(7-16)18-13(19-12(10)21-20-11)22-5-3-14(17,4-6-22)8-1-2-8/h8H,1-6,17H2,(H,18,19,20,21). The van der Waals surface area contributed by atoms with Crippen molar-refractivity contribution in [3.63, 3.8) is 0 Å². The molecule has 2 aliphatic rings. The molecule has 2 fully saturated rings. The van der Waals surface area contributed by atoms with Gasteiger partial charge in [0.2, 0.25) is 5.95 Å². The van der Waals surface area contributed by atoms with Crippen LogP contribution in [0.5, 0.6) is 0 Å². The van der Waals surface area contributed by atoms with E-state index in [1.807, 2.05) is 0 Å². The third-order valence-corrected chi connectivity index (χ3v) is 5.40. The normalized spacial score (nSPS) is 21.0. The minimum atomic E-state index is -0.0198. The summed E-state index contributed by atoms with van der Waals surface area (Å²) in [4.78, 5) is 11.0. The topological polar surface area (TPSA) is 108 Å². The first kappa shape index (κ1) is 13.9. The molecular formula is C14H16BrN7. The predicted molar refractivity (Wildman–Crippen MR) is 85.2 cm³/mol. The van der Waals surface area contributed by atoms with E-state index in [4.69, 9.17) is 5.73 Å². The van der Waals surface area contributed by atoms with Crippen molar-refractivity contribution in [2.24, 2.45) is 11.7 Å². The third kappa shape index (κ3) is 2.16. The van der Waals surface area contributed by atoms with Gasteiger partial charge in [-0.2, -0.15) is 15.3 Å². The Morgan fingerprint density at radius 1 is 1.32 bits per heavy atom. The third-order valence-electron chi connectivity index (χ3n) is 4.83. The first-order valence-corrected chi connectivity index (χ1v) is 8.25. The largest absolute Gasteiger partial charge is 0.341 e. The number of nitrogens with one attached hydrogen (secondary N) is 1. The van der Waals surface area contributed by atoms with Crippen LogP contribution >= 0.6 is 15.9 Å². The lowest BCUT2D eigenvalue weighted by atomic mass is 9.84. The number of H-pyrrole nitrogens is 1. The Labute approximate surface area is 136 Å². The number of nitrogens with zero attached hydrogens (tertiary/aromatic N) is 5. The molecule has 8 heteroatoms. The SMILES string of the molecule is N#Cc1nc(N2CCC(N)(C3CC3)CC2)nc2n[nH]c(Br)c12. The first-order chi connectivity index (χ1) is 10.6. The van der Waals surface area contributed by atoms with Crippen LogP contribution in [-0.2, 0) is 0 Å². The second kappa shape index (κ2) is 4.89. The van der Waals surface area contributed by atoms with E-state index in [-0.39, 0.29) is 5.54 Å². The number of hydrogen-bond acceptors (Lipinski definition) is 6. The molecule has 0 amide bonds. The van der Waals surface area contributed by atoms with Crippen molar-refractivity contribution in [3.05, 3.63) is 10.3 Å². The van der Waals surface area contributed by atoms with Crippen molar-refractivity contribution in [2.75, 3.05) is 18.0 Å².